The number of carbonyl (C=O) groups is 1. The van der Waals surface area contributed by atoms with Crippen LogP contribution in [0.25, 0.3) is 0 Å². The average molecular weight is 693 g/mol. The number of benzene rings is 4. The first-order valence-electron chi connectivity index (χ1n) is 14.4. The van der Waals surface area contributed by atoms with Crippen molar-refractivity contribution in [1.82, 2.24) is 0 Å². The Labute approximate surface area is 267 Å². The predicted molar refractivity (Wildman–Crippen MR) is 181 cm³/mol. The molecule has 4 atom stereocenters. The Hall–Kier alpha value is -2.89. The molecule has 5 heteroatoms. The molecule has 220 valence electrons. The number of ketones is 1. The summed E-state index contributed by atoms with van der Waals surface area (Å²) in [6, 6.07) is 33.0. The van der Waals surface area contributed by atoms with Crippen molar-refractivity contribution in [2.24, 2.45) is 0 Å². The van der Waals surface area contributed by atoms with Crippen molar-refractivity contribution in [3.63, 3.8) is 0 Å². The van der Waals surface area contributed by atoms with Gasteiger partial charge in [-0.05, 0) is 69.5 Å². The maximum Gasteiger partial charge on any atom is 0.150 e. The van der Waals surface area contributed by atoms with E-state index in [0.29, 0.717) is 11.8 Å². The van der Waals surface area contributed by atoms with Crippen LogP contribution in [0.4, 0.5) is 0 Å². The predicted octanol–water partition coefficient (Wildman–Crippen LogP) is 10.7. The first-order chi connectivity index (χ1) is 20.1. The topological polar surface area (TPSA) is 35.5 Å². The Morgan fingerprint density at radius 3 is 1.00 bits per heavy atom. The van der Waals surface area contributed by atoms with Gasteiger partial charge in [0.05, 0.1) is 35.7 Å². The van der Waals surface area contributed by atoms with Crippen LogP contribution in [0.15, 0.2) is 97.1 Å². The molecule has 42 heavy (non-hydrogen) atoms. The molecule has 4 aromatic rings. The van der Waals surface area contributed by atoms with Crippen molar-refractivity contribution in [3.8, 4) is 11.5 Å². The third kappa shape index (κ3) is 7.36. The quantitative estimate of drug-likeness (QED) is 0.139. The van der Waals surface area contributed by atoms with Crippen LogP contribution in [0.5, 0.6) is 11.5 Å². The van der Waals surface area contributed by atoms with Crippen molar-refractivity contribution in [1.29, 1.82) is 0 Å². The molecule has 0 amide bonds. The molecular formula is C37H40Br2O3. The lowest BCUT2D eigenvalue weighted by molar-refractivity contribution is -0.122. The maximum atomic E-state index is 15.0. The number of hydrogen-bond acceptors (Lipinski definition) is 3. The van der Waals surface area contributed by atoms with Gasteiger partial charge < -0.3 is 9.47 Å². The van der Waals surface area contributed by atoms with Crippen molar-refractivity contribution in [2.75, 3.05) is 14.2 Å². The molecule has 3 nitrogen and oxygen atoms in total. The molecule has 0 aliphatic heterocycles. The highest BCUT2D eigenvalue weighted by Crippen LogP contribution is 2.47. The monoisotopic (exact) mass is 690 g/mol. The number of carbonyl (C=O) groups excluding carboxylic acids is 1. The number of alkyl halides is 2. The summed E-state index contributed by atoms with van der Waals surface area (Å²) >= 11 is 7.97. The second-order valence-electron chi connectivity index (χ2n) is 11.4. The zero-order valence-corrected chi connectivity index (χ0v) is 28.4. The highest BCUT2D eigenvalue weighted by atomic mass is 79.9. The third-order valence-electron chi connectivity index (χ3n) is 7.99. The van der Waals surface area contributed by atoms with Gasteiger partial charge in [0.15, 0.2) is 5.78 Å². The second kappa shape index (κ2) is 14.5. The molecule has 0 aliphatic carbocycles. The van der Waals surface area contributed by atoms with Crippen LogP contribution in [0.1, 0.15) is 94.4 Å². The highest BCUT2D eigenvalue weighted by Gasteiger charge is 2.38. The van der Waals surface area contributed by atoms with Crippen molar-refractivity contribution in [2.45, 2.75) is 61.0 Å². The molecule has 0 N–H and O–H groups in total. The number of methoxy groups -OCH3 is 2. The van der Waals surface area contributed by atoms with Crippen molar-refractivity contribution < 1.29 is 14.3 Å². The molecule has 0 fully saturated rings. The molecule has 0 spiro atoms. The zero-order chi connectivity index (χ0) is 30.4. The Bertz CT molecular complexity index is 1320. The molecule has 0 radical (unpaired) electrons. The Morgan fingerprint density at radius 2 is 0.738 bits per heavy atom. The summed E-state index contributed by atoms with van der Waals surface area (Å²) in [4.78, 5) is 14.6. The molecule has 4 aromatic carbocycles. The lowest BCUT2D eigenvalue weighted by atomic mass is 9.77. The first-order valence-corrected chi connectivity index (χ1v) is 16.3. The van der Waals surface area contributed by atoms with E-state index in [4.69, 9.17) is 9.47 Å². The molecule has 4 rings (SSSR count). The molecule has 4 unspecified atom stereocenters. The van der Waals surface area contributed by atoms with E-state index >= 15 is 4.79 Å². The lowest BCUT2D eigenvalue weighted by Crippen LogP contribution is -2.26. The summed E-state index contributed by atoms with van der Waals surface area (Å²) in [6.07, 6.45) is 0. The van der Waals surface area contributed by atoms with Crippen LogP contribution in [0.2, 0.25) is 0 Å². The largest absolute Gasteiger partial charge is 0.497 e. The number of ether oxygens (including phenoxy) is 2. The lowest BCUT2D eigenvalue weighted by Gasteiger charge is -2.30. The van der Waals surface area contributed by atoms with Gasteiger partial charge in [-0.1, -0.05) is 132 Å². The Kier molecular flexibility index (Phi) is 11.1. The minimum Gasteiger partial charge on any atom is -0.497 e. The summed E-state index contributed by atoms with van der Waals surface area (Å²) in [5.74, 6) is 1.64. The SMILES string of the molecule is COc1ccc(C(Br)C(C(=O)C(c2ccc(C(C)C)cc2)C(Br)c2ccc(OC)cc2)c2ccc(C(C)C)cc2)cc1. The van der Waals surface area contributed by atoms with Gasteiger partial charge in [-0.25, -0.2) is 0 Å². The fraction of sp³-hybridized carbons (Fsp3) is 0.324. The summed E-state index contributed by atoms with van der Waals surface area (Å²) in [5.41, 5.74) is 6.51. The normalized spacial score (nSPS) is 14.3. The fourth-order valence-electron chi connectivity index (χ4n) is 5.29. The van der Waals surface area contributed by atoms with Gasteiger partial charge in [-0.2, -0.15) is 0 Å². The van der Waals surface area contributed by atoms with Crippen LogP contribution < -0.4 is 9.47 Å². The number of hydrogen-bond donors (Lipinski definition) is 0. The fourth-order valence-corrected chi connectivity index (χ4v) is 7.03. The molecule has 0 aliphatic rings. The minimum atomic E-state index is -0.437. The van der Waals surface area contributed by atoms with Crippen molar-refractivity contribution in [3.05, 3.63) is 130 Å². The van der Waals surface area contributed by atoms with E-state index in [2.05, 4.69) is 108 Å². The maximum absolute atomic E-state index is 15.0. The number of Topliss-reactive ketones (excluding diaryl/α,β-unsaturated/α-hetero) is 1. The molecule has 0 saturated heterocycles. The molecule has 0 heterocycles. The van der Waals surface area contributed by atoms with E-state index in [1.165, 1.54) is 11.1 Å². The van der Waals surface area contributed by atoms with Gasteiger partial charge >= 0.3 is 0 Å². The average Bonchev–Trinajstić information content (AvgIpc) is 3.01. The van der Waals surface area contributed by atoms with E-state index in [1.54, 1.807) is 14.2 Å². The second-order valence-corrected chi connectivity index (χ2v) is 13.3. The van der Waals surface area contributed by atoms with Crippen LogP contribution in [0.3, 0.4) is 0 Å². The van der Waals surface area contributed by atoms with Crippen molar-refractivity contribution >= 4 is 37.6 Å². The summed E-state index contributed by atoms with van der Waals surface area (Å²) in [7, 11) is 3.32. The number of halogens is 2. The van der Waals surface area contributed by atoms with Gasteiger partial charge in [0, 0.05) is 0 Å². The van der Waals surface area contributed by atoms with Crippen LogP contribution in [0, 0.1) is 0 Å². The number of rotatable bonds is 12. The van der Waals surface area contributed by atoms with E-state index < -0.39 is 11.8 Å². The Balaban J connectivity index is 1.84. The van der Waals surface area contributed by atoms with Gasteiger partial charge in [0.1, 0.15) is 11.5 Å². The summed E-state index contributed by atoms with van der Waals surface area (Å²) < 4.78 is 10.8. The van der Waals surface area contributed by atoms with Crippen LogP contribution in [-0.4, -0.2) is 20.0 Å². The highest BCUT2D eigenvalue weighted by molar-refractivity contribution is 9.09. The van der Waals surface area contributed by atoms with E-state index in [0.717, 1.165) is 33.8 Å². The molecule has 0 bridgehead atoms. The molecular weight excluding hydrogens is 652 g/mol. The summed E-state index contributed by atoms with van der Waals surface area (Å²) in [6.45, 7) is 8.74. The standard InChI is InChI=1S/C37H40Br2O3/c1-23(2)25-7-11-27(12-8-25)33(35(38)29-15-19-31(41-5)20-16-29)37(40)34(28-13-9-26(10-14-28)24(3)4)36(39)30-17-21-32(42-6)22-18-30/h7-24,33-36H,1-6H3. The Morgan fingerprint density at radius 1 is 0.476 bits per heavy atom. The minimum absolute atomic E-state index is 0.139. The van der Waals surface area contributed by atoms with E-state index in [-0.39, 0.29) is 15.4 Å². The van der Waals surface area contributed by atoms with Crippen LogP contribution >= 0.6 is 31.9 Å². The molecule has 0 aromatic heterocycles. The van der Waals surface area contributed by atoms with Gasteiger partial charge in [-0.15, -0.1) is 0 Å². The van der Waals surface area contributed by atoms with Gasteiger partial charge in [0.25, 0.3) is 0 Å². The summed E-state index contributed by atoms with van der Waals surface area (Å²) in [5, 5.41) is 0. The van der Waals surface area contributed by atoms with Crippen LogP contribution in [-0.2, 0) is 4.79 Å². The van der Waals surface area contributed by atoms with E-state index in [1.807, 2.05) is 48.5 Å². The molecule has 0 saturated carbocycles. The van der Waals surface area contributed by atoms with E-state index in [9.17, 15) is 0 Å². The first kappa shape index (κ1) is 32.0. The zero-order valence-electron chi connectivity index (χ0n) is 25.2. The van der Waals surface area contributed by atoms with Gasteiger partial charge in [0.2, 0.25) is 0 Å². The van der Waals surface area contributed by atoms with Gasteiger partial charge in [-0.3, -0.25) is 4.79 Å². The third-order valence-corrected chi connectivity index (χ3v) is 10.1. The smallest absolute Gasteiger partial charge is 0.150 e.